The third kappa shape index (κ3) is 3.86. The molecule has 1 N–H and O–H groups in total. The summed E-state index contributed by atoms with van der Waals surface area (Å²) in [7, 11) is 0. The van der Waals surface area contributed by atoms with Crippen LogP contribution in [0.1, 0.15) is 34.6 Å². The molecule has 1 aromatic carbocycles. The number of aromatic amines is 1. The van der Waals surface area contributed by atoms with E-state index in [-0.39, 0.29) is 5.91 Å². The molecule has 2 saturated heterocycles. The van der Waals surface area contributed by atoms with Crippen LogP contribution in [0.15, 0.2) is 30.3 Å². The van der Waals surface area contributed by atoms with Crippen LogP contribution in [-0.4, -0.2) is 71.2 Å². The Morgan fingerprint density at radius 2 is 1.89 bits per heavy atom. The Bertz CT molecular complexity index is 793. The molecule has 2 fully saturated rings. The van der Waals surface area contributed by atoms with E-state index in [0.717, 1.165) is 51.4 Å². The average molecular weight is 367 g/mol. The summed E-state index contributed by atoms with van der Waals surface area (Å²) in [4.78, 5) is 19.8. The Labute approximate surface area is 161 Å². The van der Waals surface area contributed by atoms with Crippen LogP contribution < -0.4 is 4.90 Å². The monoisotopic (exact) mass is 367 g/mol. The standard InChI is InChI=1S/C21H29N5O/c1-16-6-3-4-8-20(16)25-12-10-24(11-13-25)18-7-5-9-26(15-18)21(27)19-14-17(2)22-23-19/h3-4,6,8,14,18H,5,7,9-13,15H2,1-2H3,(H,22,23). The van der Waals surface area contributed by atoms with Crippen molar-refractivity contribution in [1.29, 1.82) is 0 Å². The summed E-state index contributed by atoms with van der Waals surface area (Å²) >= 11 is 0. The largest absolute Gasteiger partial charge is 0.369 e. The molecule has 144 valence electrons. The zero-order valence-electron chi connectivity index (χ0n) is 16.3. The molecular formula is C21H29N5O. The van der Waals surface area contributed by atoms with Gasteiger partial charge in [0.2, 0.25) is 0 Å². The molecule has 1 amide bonds. The van der Waals surface area contributed by atoms with Crippen LogP contribution in [0.3, 0.4) is 0 Å². The van der Waals surface area contributed by atoms with Crippen LogP contribution in [-0.2, 0) is 0 Å². The molecule has 2 aliphatic heterocycles. The molecule has 4 rings (SSSR count). The summed E-state index contributed by atoms with van der Waals surface area (Å²) in [5.74, 6) is 0.0580. The number of hydrogen-bond acceptors (Lipinski definition) is 4. The first kappa shape index (κ1) is 18.0. The second kappa shape index (κ2) is 7.72. The first-order valence-corrected chi connectivity index (χ1v) is 9.98. The number of piperazine rings is 1. The second-order valence-electron chi connectivity index (χ2n) is 7.79. The normalized spacial score (nSPS) is 21.5. The van der Waals surface area contributed by atoms with E-state index in [1.807, 2.05) is 17.9 Å². The van der Waals surface area contributed by atoms with E-state index in [2.05, 4.69) is 51.2 Å². The number of H-pyrrole nitrogens is 1. The highest BCUT2D eigenvalue weighted by atomic mass is 16.2. The van der Waals surface area contributed by atoms with Crippen LogP contribution in [0.5, 0.6) is 0 Å². The Kier molecular flexibility index (Phi) is 5.16. The number of benzene rings is 1. The lowest BCUT2D eigenvalue weighted by Gasteiger charge is -2.44. The maximum Gasteiger partial charge on any atom is 0.274 e. The van der Waals surface area contributed by atoms with Gasteiger partial charge in [0.15, 0.2) is 0 Å². The SMILES string of the molecule is Cc1cc(C(=O)N2CCCC(N3CCN(c4ccccc4C)CC3)C2)n[nH]1. The summed E-state index contributed by atoms with van der Waals surface area (Å²) in [5, 5.41) is 7.02. The van der Waals surface area contributed by atoms with E-state index in [1.54, 1.807) is 0 Å². The number of piperidine rings is 1. The fraction of sp³-hybridized carbons (Fsp3) is 0.524. The van der Waals surface area contributed by atoms with E-state index in [9.17, 15) is 4.79 Å². The Morgan fingerprint density at radius 3 is 2.59 bits per heavy atom. The minimum atomic E-state index is 0.0580. The number of anilines is 1. The minimum Gasteiger partial charge on any atom is -0.369 e. The number of para-hydroxylation sites is 1. The molecule has 0 bridgehead atoms. The number of nitrogens with zero attached hydrogens (tertiary/aromatic N) is 4. The van der Waals surface area contributed by atoms with Crippen LogP contribution in [0.25, 0.3) is 0 Å². The van der Waals surface area contributed by atoms with Crippen molar-refractivity contribution < 1.29 is 4.79 Å². The fourth-order valence-corrected chi connectivity index (χ4v) is 4.37. The second-order valence-corrected chi connectivity index (χ2v) is 7.79. The van der Waals surface area contributed by atoms with E-state index in [4.69, 9.17) is 0 Å². The molecule has 0 spiro atoms. The third-order valence-corrected chi connectivity index (χ3v) is 5.90. The van der Waals surface area contributed by atoms with Crippen LogP contribution >= 0.6 is 0 Å². The number of likely N-dealkylation sites (tertiary alicyclic amines) is 1. The van der Waals surface area contributed by atoms with E-state index < -0.39 is 0 Å². The number of aryl methyl sites for hydroxylation is 2. The van der Waals surface area contributed by atoms with Crippen molar-refractivity contribution in [2.75, 3.05) is 44.2 Å². The van der Waals surface area contributed by atoms with E-state index in [0.29, 0.717) is 11.7 Å². The molecule has 2 aliphatic rings. The maximum absolute atomic E-state index is 12.7. The number of carbonyl (C=O) groups excluding carboxylic acids is 1. The van der Waals surface area contributed by atoms with Crippen LogP contribution in [0.4, 0.5) is 5.69 Å². The number of rotatable bonds is 3. The van der Waals surface area contributed by atoms with E-state index in [1.165, 1.54) is 17.7 Å². The van der Waals surface area contributed by atoms with Gasteiger partial charge in [-0.3, -0.25) is 14.8 Å². The Balaban J connectivity index is 1.36. The molecular weight excluding hydrogens is 338 g/mol. The minimum absolute atomic E-state index is 0.0580. The zero-order chi connectivity index (χ0) is 18.8. The molecule has 3 heterocycles. The smallest absolute Gasteiger partial charge is 0.274 e. The highest BCUT2D eigenvalue weighted by molar-refractivity contribution is 5.92. The van der Waals surface area contributed by atoms with Gasteiger partial charge in [-0.1, -0.05) is 18.2 Å². The summed E-state index contributed by atoms with van der Waals surface area (Å²) < 4.78 is 0. The number of nitrogens with one attached hydrogen (secondary N) is 1. The molecule has 2 aromatic rings. The summed E-state index contributed by atoms with van der Waals surface area (Å²) in [6.07, 6.45) is 2.24. The number of carbonyl (C=O) groups is 1. The van der Waals surface area contributed by atoms with Crippen molar-refractivity contribution in [2.45, 2.75) is 32.7 Å². The molecule has 6 nitrogen and oxygen atoms in total. The van der Waals surface area contributed by atoms with Crippen molar-refractivity contribution in [1.82, 2.24) is 20.0 Å². The lowest BCUT2D eigenvalue weighted by molar-refractivity contribution is 0.0558. The topological polar surface area (TPSA) is 55.5 Å². The van der Waals surface area contributed by atoms with Gasteiger partial charge in [0.1, 0.15) is 5.69 Å². The summed E-state index contributed by atoms with van der Waals surface area (Å²) in [5.41, 5.74) is 4.16. The van der Waals surface area contributed by atoms with E-state index >= 15 is 0 Å². The average Bonchev–Trinajstić information content (AvgIpc) is 3.14. The van der Waals surface area contributed by atoms with Gasteiger partial charge in [0, 0.05) is 56.7 Å². The molecule has 0 radical (unpaired) electrons. The van der Waals surface area contributed by atoms with Gasteiger partial charge in [-0.25, -0.2) is 0 Å². The van der Waals surface area contributed by atoms with Crippen molar-refractivity contribution >= 4 is 11.6 Å². The number of hydrogen-bond donors (Lipinski definition) is 1. The van der Waals surface area contributed by atoms with Crippen molar-refractivity contribution in [3.05, 3.63) is 47.3 Å². The van der Waals surface area contributed by atoms with Crippen molar-refractivity contribution in [3.8, 4) is 0 Å². The molecule has 1 atom stereocenters. The lowest BCUT2D eigenvalue weighted by Crippen LogP contribution is -2.56. The third-order valence-electron chi connectivity index (χ3n) is 5.90. The first-order valence-electron chi connectivity index (χ1n) is 9.98. The van der Waals surface area contributed by atoms with Crippen LogP contribution in [0, 0.1) is 13.8 Å². The van der Waals surface area contributed by atoms with Gasteiger partial charge in [0.05, 0.1) is 0 Å². The molecule has 1 unspecified atom stereocenters. The van der Waals surface area contributed by atoms with Gasteiger partial charge >= 0.3 is 0 Å². The Morgan fingerprint density at radius 1 is 1.11 bits per heavy atom. The summed E-state index contributed by atoms with van der Waals surface area (Å²) in [6.45, 7) is 9.98. The maximum atomic E-state index is 12.7. The highest BCUT2D eigenvalue weighted by Gasteiger charge is 2.31. The van der Waals surface area contributed by atoms with Crippen molar-refractivity contribution in [3.63, 3.8) is 0 Å². The van der Waals surface area contributed by atoms with Gasteiger partial charge in [-0.2, -0.15) is 5.10 Å². The van der Waals surface area contributed by atoms with Crippen molar-refractivity contribution in [2.24, 2.45) is 0 Å². The van der Waals surface area contributed by atoms with Gasteiger partial charge in [-0.15, -0.1) is 0 Å². The Hall–Kier alpha value is -2.34. The molecule has 6 heteroatoms. The fourth-order valence-electron chi connectivity index (χ4n) is 4.37. The molecule has 27 heavy (non-hydrogen) atoms. The number of aromatic nitrogens is 2. The van der Waals surface area contributed by atoms with Gasteiger partial charge in [-0.05, 0) is 44.4 Å². The zero-order valence-corrected chi connectivity index (χ0v) is 16.3. The quantitative estimate of drug-likeness (QED) is 0.905. The van der Waals surface area contributed by atoms with Gasteiger partial charge < -0.3 is 9.80 Å². The summed E-state index contributed by atoms with van der Waals surface area (Å²) in [6, 6.07) is 10.9. The first-order chi connectivity index (χ1) is 13.1. The highest BCUT2D eigenvalue weighted by Crippen LogP contribution is 2.24. The molecule has 0 saturated carbocycles. The predicted molar refractivity (Wildman–Crippen MR) is 107 cm³/mol. The molecule has 0 aliphatic carbocycles. The van der Waals surface area contributed by atoms with Crippen LogP contribution in [0.2, 0.25) is 0 Å². The number of amides is 1. The predicted octanol–water partition coefficient (Wildman–Crippen LogP) is 2.45. The van der Waals surface area contributed by atoms with Gasteiger partial charge in [0.25, 0.3) is 5.91 Å². The molecule has 1 aromatic heterocycles. The lowest BCUT2D eigenvalue weighted by atomic mass is 10.0.